The second-order valence-corrected chi connectivity index (χ2v) is 8.17. The summed E-state index contributed by atoms with van der Waals surface area (Å²) < 4.78 is 13.1. The Balaban J connectivity index is 1.39. The van der Waals surface area contributed by atoms with Gasteiger partial charge in [-0.2, -0.15) is 0 Å². The van der Waals surface area contributed by atoms with E-state index < -0.39 is 5.82 Å². The predicted octanol–water partition coefficient (Wildman–Crippen LogP) is 3.48. The minimum absolute atomic E-state index is 0.0887. The molecule has 26 heavy (non-hydrogen) atoms. The number of carbonyl (C=O) groups is 1. The molecule has 1 aliphatic carbocycles. The van der Waals surface area contributed by atoms with E-state index in [0.29, 0.717) is 17.3 Å². The number of carbonyl (C=O) groups excluding carboxylic acids is 1. The van der Waals surface area contributed by atoms with Gasteiger partial charge < -0.3 is 10.3 Å². The molecule has 1 aromatic carbocycles. The second kappa shape index (κ2) is 7.20. The molecule has 0 atom stereocenters. The van der Waals surface area contributed by atoms with Gasteiger partial charge in [-0.05, 0) is 43.0 Å². The SMILES string of the molecule is O=C(CSCc1nc2sc3c(c2c(=O)[nH]1)CCC3)Nc1cccc(F)c1. The quantitative estimate of drug-likeness (QED) is 0.701. The first-order valence-corrected chi connectivity index (χ1v) is 10.2. The molecule has 4 rings (SSSR count). The number of nitrogens with one attached hydrogen (secondary N) is 2. The van der Waals surface area contributed by atoms with Gasteiger partial charge in [0.1, 0.15) is 16.5 Å². The molecular formula is C18H16FN3O2S2. The van der Waals surface area contributed by atoms with E-state index >= 15 is 0 Å². The Hall–Kier alpha value is -2.19. The number of H-pyrrole nitrogens is 1. The molecule has 2 N–H and O–H groups in total. The van der Waals surface area contributed by atoms with Gasteiger partial charge in [0.25, 0.3) is 5.56 Å². The molecule has 0 unspecified atom stereocenters. The van der Waals surface area contributed by atoms with Crippen LogP contribution in [0, 0.1) is 5.82 Å². The average molecular weight is 389 g/mol. The van der Waals surface area contributed by atoms with E-state index in [4.69, 9.17) is 0 Å². The zero-order valence-electron chi connectivity index (χ0n) is 13.8. The first-order chi connectivity index (χ1) is 12.6. The molecule has 0 spiro atoms. The normalized spacial score (nSPS) is 13.1. The number of benzene rings is 1. The molecular weight excluding hydrogens is 373 g/mol. The van der Waals surface area contributed by atoms with Crippen molar-refractivity contribution < 1.29 is 9.18 Å². The van der Waals surface area contributed by atoms with E-state index in [0.717, 1.165) is 35.0 Å². The van der Waals surface area contributed by atoms with E-state index in [2.05, 4.69) is 15.3 Å². The summed E-state index contributed by atoms with van der Waals surface area (Å²) in [6.07, 6.45) is 3.09. The van der Waals surface area contributed by atoms with Crippen molar-refractivity contribution in [2.75, 3.05) is 11.1 Å². The summed E-state index contributed by atoms with van der Waals surface area (Å²) in [6, 6.07) is 5.77. The molecule has 0 bridgehead atoms. The standard InChI is InChI=1S/C18H16FN3O2S2/c19-10-3-1-4-11(7-10)20-15(23)9-25-8-14-21-17(24)16-12-5-2-6-13(12)26-18(16)22-14/h1,3-4,7H,2,5-6,8-9H2,(H,20,23)(H,21,22,24). The van der Waals surface area contributed by atoms with Crippen LogP contribution >= 0.6 is 23.1 Å². The summed E-state index contributed by atoms with van der Waals surface area (Å²) in [5.41, 5.74) is 1.50. The molecule has 0 saturated carbocycles. The Morgan fingerprint density at radius 2 is 2.27 bits per heavy atom. The van der Waals surface area contributed by atoms with Gasteiger partial charge in [-0.3, -0.25) is 9.59 Å². The molecule has 2 heterocycles. The Labute approximate surface area is 157 Å². The molecule has 8 heteroatoms. The first kappa shape index (κ1) is 17.2. The molecule has 1 amide bonds. The van der Waals surface area contributed by atoms with Crippen LogP contribution in [-0.2, 0) is 23.4 Å². The summed E-state index contributed by atoms with van der Waals surface area (Å²) in [6.45, 7) is 0. The molecule has 1 aliphatic rings. The lowest BCUT2D eigenvalue weighted by Gasteiger charge is -2.05. The van der Waals surface area contributed by atoms with Gasteiger partial charge in [0.15, 0.2) is 0 Å². The first-order valence-electron chi connectivity index (χ1n) is 8.27. The van der Waals surface area contributed by atoms with Crippen molar-refractivity contribution in [1.29, 1.82) is 0 Å². The highest BCUT2D eigenvalue weighted by Gasteiger charge is 2.21. The number of anilines is 1. The molecule has 5 nitrogen and oxygen atoms in total. The van der Waals surface area contributed by atoms with Crippen LogP contribution in [-0.4, -0.2) is 21.6 Å². The maximum atomic E-state index is 13.1. The van der Waals surface area contributed by atoms with Crippen molar-refractivity contribution in [1.82, 2.24) is 9.97 Å². The maximum Gasteiger partial charge on any atom is 0.259 e. The summed E-state index contributed by atoms with van der Waals surface area (Å²) in [5.74, 6) is 0.585. The van der Waals surface area contributed by atoms with Gasteiger partial charge in [-0.1, -0.05) is 6.07 Å². The molecule has 0 radical (unpaired) electrons. The van der Waals surface area contributed by atoms with Crippen LogP contribution in [0.25, 0.3) is 10.2 Å². The van der Waals surface area contributed by atoms with E-state index in [1.165, 1.54) is 28.8 Å². The van der Waals surface area contributed by atoms with Crippen LogP contribution in [0.2, 0.25) is 0 Å². The van der Waals surface area contributed by atoms with Crippen LogP contribution in [0.3, 0.4) is 0 Å². The van der Waals surface area contributed by atoms with Gasteiger partial charge in [-0.25, -0.2) is 9.37 Å². The summed E-state index contributed by atoms with van der Waals surface area (Å²) in [4.78, 5) is 33.8. The lowest BCUT2D eigenvalue weighted by atomic mass is 10.2. The van der Waals surface area contributed by atoms with Crippen molar-refractivity contribution in [3.63, 3.8) is 0 Å². The lowest BCUT2D eigenvalue weighted by Crippen LogP contribution is -2.15. The topological polar surface area (TPSA) is 74.8 Å². The number of thiophene rings is 1. The summed E-state index contributed by atoms with van der Waals surface area (Å²) >= 11 is 2.95. The van der Waals surface area contributed by atoms with Gasteiger partial charge >= 0.3 is 0 Å². The number of fused-ring (bicyclic) bond motifs is 3. The fraction of sp³-hybridized carbons (Fsp3) is 0.278. The number of halogens is 1. The predicted molar refractivity (Wildman–Crippen MR) is 103 cm³/mol. The molecule has 2 aromatic heterocycles. The Bertz CT molecular complexity index is 1040. The Morgan fingerprint density at radius 3 is 3.12 bits per heavy atom. The number of rotatable bonds is 5. The van der Waals surface area contributed by atoms with Crippen LogP contribution in [0.1, 0.15) is 22.7 Å². The van der Waals surface area contributed by atoms with E-state index in [9.17, 15) is 14.0 Å². The Morgan fingerprint density at radius 1 is 1.38 bits per heavy atom. The smallest absolute Gasteiger partial charge is 0.259 e. The van der Waals surface area contributed by atoms with Crippen LogP contribution in [0.4, 0.5) is 10.1 Å². The van der Waals surface area contributed by atoms with Crippen molar-refractivity contribution in [3.05, 3.63) is 56.7 Å². The average Bonchev–Trinajstić information content (AvgIpc) is 3.15. The van der Waals surface area contributed by atoms with Crippen molar-refractivity contribution in [2.45, 2.75) is 25.0 Å². The molecule has 3 aromatic rings. The number of nitrogens with zero attached hydrogens (tertiary/aromatic N) is 1. The minimum Gasteiger partial charge on any atom is -0.325 e. The molecule has 0 aliphatic heterocycles. The van der Waals surface area contributed by atoms with Crippen LogP contribution in [0.15, 0.2) is 29.1 Å². The number of aryl methyl sites for hydroxylation is 2. The fourth-order valence-corrected chi connectivity index (χ4v) is 5.09. The monoisotopic (exact) mass is 389 g/mol. The molecule has 0 fully saturated rings. The highest BCUT2D eigenvalue weighted by molar-refractivity contribution is 7.99. The number of thioether (sulfide) groups is 1. The summed E-state index contributed by atoms with van der Waals surface area (Å²) in [7, 11) is 0. The van der Waals surface area contributed by atoms with Gasteiger partial charge in [0.2, 0.25) is 5.91 Å². The maximum absolute atomic E-state index is 13.1. The van der Waals surface area contributed by atoms with E-state index in [-0.39, 0.29) is 17.2 Å². The number of hydrogen-bond donors (Lipinski definition) is 2. The van der Waals surface area contributed by atoms with Crippen molar-refractivity contribution >= 4 is 44.9 Å². The molecule has 0 saturated heterocycles. The fourth-order valence-electron chi connectivity index (χ4n) is 3.12. The van der Waals surface area contributed by atoms with E-state index in [1.807, 2.05) is 0 Å². The molecule has 134 valence electrons. The van der Waals surface area contributed by atoms with Crippen LogP contribution in [0.5, 0.6) is 0 Å². The third kappa shape index (κ3) is 3.52. The second-order valence-electron chi connectivity index (χ2n) is 6.10. The largest absolute Gasteiger partial charge is 0.325 e. The minimum atomic E-state index is -0.395. The van der Waals surface area contributed by atoms with Gasteiger partial charge in [0.05, 0.1) is 16.9 Å². The number of amides is 1. The zero-order valence-corrected chi connectivity index (χ0v) is 15.4. The van der Waals surface area contributed by atoms with Gasteiger partial charge in [-0.15, -0.1) is 23.1 Å². The third-order valence-electron chi connectivity index (χ3n) is 4.20. The highest BCUT2D eigenvalue weighted by Crippen LogP contribution is 2.34. The highest BCUT2D eigenvalue weighted by atomic mass is 32.2. The zero-order chi connectivity index (χ0) is 18.1. The lowest BCUT2D eigenvalue weighted by molar-refractivity contribution is -0.113. The Kier molecular flexibility index (Phi) is 4.78. The summed E-state index contributed by atoms with van der Waals surface area (Å²) in [5, 5.41) is 3.38. The third-order valence-corrected chi connectivity index (χ3v) is 6.33. The number of aromatic amines is 1. The van der Waals surface area contributed by atoms with E-state index in [1.54, 1.807) is 23.5 Å². The van der Waals surface area contributed by atoms with Crippen molar-refractivity contribution in [3.8, 4) is 0 Å². The number of aromatic nitrogens is 2. The number of hydrogen-bond acceptors (Lipinski definition) is 5. The van der Waals surface area contributed by atoms with Crippen LogP contribution < -0.4 is 10.9 Å². The van der Waals surface area contributed by atoms with Crippen molar-refractivity contribution in [2.24, 2.45) is 0 Å². The van der Waals surface area contributed by atoms with Gasteiger partial charge in [0, 0.05) is 10.6 Å².